The van der Waals surface area contributed by atoms with E-state index in [1.165, 1.54) is 77.6 Å². The molecule has 0 radical (unpaired) electrons. The molecule has 0 aromatic rings. The van der Waals surface area contributed by atoms with E-state index >= 15 is 0 Å². The molecular weight excluding hydrogens is 422 g/mol. The average Bonchev–Trinajstić information content (AvgIpc) is 2.80. The fourth-order valence-corrected chi connectivity index (χ4v) is 4.16. The first kappa shape index (κ1) is 30.0. The Kier molecular flexibility index (Phi) is 17.6. The molecule has 0 saturated carbocycles. The Morgan fingerprint density at radius 3 is 1.97 bits per heavy atom. The number of allylic oxidation sites excluding steroid dienone is 2. The Labute approximate surface area is 200 Å². The Balaban J connectivity index is 2.05. The van der Waals surface area contributed by atoms with E-state index in [0.29, 0.717) is 6.61 Å². The lowest BCUT2D eigenvalue weighted by molar-refractivity contribution is -0.270. The zero-order chi connectivity index (χ0) is 24.3. The first-order chi connectivity index (χ1) is 16.0. The molecule has 1 saturated heterocycles. The van der Waals surface area contributed by atoms with Crippen LogP contribution in [-0.4, -0.2) is 65.1 Å². The van der Waals surface area contributed by atoms with E-state index in [2.05, 4.69) is 24.4 Å². The number of amides is 1. The van der Waals surface area contributed by atoms with Crippen LogP contribution in [-0.2, 0) is 14.3 Å². The third-order valence-corrected chi connectivity index (χ3v) is 6.19. The summed E-state index contributed by atoms with van der Waals surface area (Å²) in [6, 6.07) is -0.866. The fraction of sp³-hybridized carbons (Fsp3) is 0.885. The van der Waals surface area contributed by atoms with E-state index in [1.54, 1.807) is 0 Å². The molecule has 5 atom stereocenters. The Hall–Kier alpha value is -0.990. The molecule has 0 spiro atoms. The number of carbonyl (C=O) groups is 1. The van der Waals surface area contributed by atoms with E-state index in [0.717, 1.165) is 19.3 Å². The molecule has 4 N–H and O–H groups in total. The minimum atomic E-state index is -1.28. The van der Waals surface area contributed by atoms with Crippen molar-refractivity contribution in [3.8, 4) is 0 Å². The molecular formula is C26H49NO6. The van der Waals surface area contributed by atoms with Crippen LogP contribution in [0.3, 0.4) is 0 Å². The SMILES string of the molecule is CCCCCCCC/C=C\CCCCCCCCO[C@@H]1O[C@H](CO)[C@@H](O)[C@H](O)[C@H]1NC(C)=O. The zero-order valence-corrected chi connectivity index (χ0v) is 20.9. The molecule has 0 bridgehead atoms. The van der Waals surface area contributed by atoms with Crippen molar-refractivity contribution in [2.75, 3.05) is 13.2 Å². The van der Waals surface area contributed by atoms with Crippen LogP contribution in [0.5, 0.6) is 0 Å². The van der Waals surface area contributed by atoms with Crippen LogP contribution in [0.4, 0.5) is 0 Å². The van der Waals surface area contributed by atoms with Gasteiger partial charge in [-0.3, -0.25) is 4.79 Å². The molecule has 1 fully saturated rings. The fourth-order valence-electron chi connectivity index (χ4n) is 4.16. The molecule has 33 heavy (non-hydrogen) atoms. The maximum absolute atomic E-state index is 11.4. The number of ether oxygens (including phenoxy) is 2. The largest absolute Gasteiger partial charge is 0.394 e. The number of hydrogen-bond acceptors (Lipinski definition) is 6. The van der Waals surface area contributed by atoms with Crippen molar-refractivity contribution in [1.29, 1.82) is 0 Å². The molecule has 7 nitrogen and oxygen atoms in total. The predicted octanol–water partition coefficient (Wildman–Crippen LogP) is 3.98. The summed E-state index contributed by atoms with van der Waals surface area (Å²) in [5.41, 5.74) is 0. The van der Waals surface area contributed by atoms with Gasteiger partial charge in [0, 0.05) is 13.5 Å². The van der Waals surface area contributed by atoms with Gasteiger partial charge in [0.15, 0.2) is 6.29 Å². The van der Waals surface area contributed by atoms with E-state index in [-0.39, 0.29) is 5.91 Å². The lowest BCUT2D eigenvalue weighted by atomic mass is 9.97. The first-order valence-corrected chi connectivity index (χ1v) is 13.2. The van der Waals surface area contributed by atoms with Gasteiger partial charge in [-0.25, -0.2) is 0 Å². The Morgan fingerprint density at radius 2 is 1.42 bits per heavy atom. The number of carbonyl (C=O) groups excluding carboxylic acids is 1. The summed E-state index contributed by atoms with van der Waals surface area (Å²) in [5, 5.41) is 32.2. The lowest BCUT2D eigenvalue weighted by Crippen LogP contribution is -2.64. The van der Waals surface area contributed by atoms with E-state index in [4.69, 9.17) is 9.47 Å². The normalized spacial score (nSPS) is 25.5. The zero-order valence-electron chi connectivity index (χ0n) is 20.9. The van der Waals surface area contributed by atoms with E-state index < -0.39 is 37.3 Å². The van der Waals surface area contributed by atoms with Crippen molar-refractivity contribution in [1.82, 2.24) is 5.32 Å². The molecule has 194 valence electrons. The molecule has 7 heteroatoms. The monoisotopic (exact) mass is 471 g/mol. The predicted molar refractivity (Wildman–Crippen MR) is 131 cm³/mol. The summed E-state index contributed by atoms with van der Waals surface area (Å²) in [4.78, 5) is 11.4. The van der Waals surface area contributed by atoms with Crippen LogP contribution in [0.1, 0.15) is 104 Å². The summed E-state index contributed by atoms with van der Waals surface area (Å²) in [6.07, 6.45) is 17.5. The summed E-state index contributed by atoms with van der Waals surface area (Å²) in [7, 11) is 0. The number of nitrogens with one attached hydrogen (secondary N) is 1. The van der Waals surface area contributed by atoms with Gasteiger partial charge in [-0.2, -0.15) is 0 Å². The highest BCUT2D eigenvalue weighted by molar-refractivity contribution is 5.73. The first-order valence-electron chi connectivity index (χ1n) is 13.2. The van der Waals surface area contributed by atoms with Gasteiger partial charge in [0.2, 0.25) is 5.91 Å². The molecule has 0 aliphatic carbocycles. The van der Waals surface area contributed by atoms with Crippen LogP contribution < -0.4 is 5.32 Å². The average molecular weight is 472 g/mol. The van der Waals surface area contributed by atoms with Crippen molar-refractivity contribution in [2.24, 2.45) is 0 Å². The van der Waals surface area contributed by atoms with Gasteiger partial charge in [0.05, 0.1) is 6.61 Å². The highest BCUT2D eigenvalue weighted by Crippen LogP contribution is 2.22. The van der Waals surface area contributed by atoms with Gasteiger partial charge in [-0.1, -0.05) is 76.9 Å². The molecule has 1 aliphatic rings. The van der Waals surface area contributed by atoms with Gasteiger partial charge in [0.1, 0.15) is 24.4 Å². The molecule has 1 aliphatic heterocycles. The maximum atomic E-state index is 11.4. The number of aliphatic hydroxyl groups is 3. The summed E-state index contributed by atoms with van der Waals surface area (Å²) < 4.78 is 11.3. The summed E-state index contributed by atoms with van der Waals surface area (Å²) in [5.74, 6) is -0.344. The Bertz CT molecular complexity index is 515. The number of hydrogen-bond donors (Lipinski definition) is 4. The van der Waals surface area contributed by atoms with Gasteiger partial charge in [-0.15, -0.1) is 0 Å². The quantitative estimate of drug-likeness (QED) is 0.168. The minimum absolute atomic E-state index is 0.344. The summed E-state index contributed by atoms with van der Waals surface area (Å²) in [6.45, 7) is 3.59. The highest BCUT2D eigenvalue weighted by atomic mass is 16.7. The van der Waals surface area contributed by atoms with Crippen molar-refractivity contribution in [2.45, 2.75) is 134 Å². The van der Waals surface area contributed by atoms with Crippen LogP contribution in [0.15, 0.2) is 12.2 Å². The lowest BCUT2D eigenvalue weighted by Gasteiger charge is -2.42. The Morgan fingerprint density at radius 1 is 0.879 bits per heavy atom. The highest BCUT2D eigenvalue weighted by Gasteiger charge is 2.45. The van der Waals surface area contributed by atoms with Crippen molar-refractivity contribution < 1.29 is 29.6 Å². The number of aliphatic hydroxyl groups excluding tert-OH is 3. The topological polar surface area (TPSA) is 108 Å². The van der Waals surface area contributed by atoms with E-state index in [1.807, 2.05) is 0 Å². The summed E-state index contributed by atoms with van der Waals surface area (Å²) >= 11 is 0. The van der Waals surface area contributed by atoms with Crippen LogP contribution in [0.25, 0.3) is 0 Å². The molecule has 1 amide bonds. The van der Waals surface area contributed by atoms with Crippen molar-refractivity contribution >= 4 is 5.91 Å². The van der Waals surface area contributed by atoms with Crippen molar-refractivity contribution in [3.05, 3.63) is 12.2 Å². The number of rotatable bonds is 19. The third-order valence-electron chi connectivity index (χ3n) is 6.19. The second-order valence-electron chi connectivity index (χ2n) is 9.24. The molecule has 1 heterocycles. The number of unbranched alkanes of at least 4 members (excludes halogenated alkanes) is 12. The standard InChI is InChI=1S/C26H49NO6/c1-3-4-5-6-7-8-9-10-11-12-13-14-15-16-17-18-19-32-26-23(27-21(2)29)25(31)24(30)22(20-28)33-26/h10-11,22-26,28,30-31H,3-9,12-20H2,1-2H3,(H,27,29)/b11-10-/t22-,23-,24-,25-,26-/m1/s1. The van der Waals surface area contributed by atoms with Gasteiger partial charge < -0.3 is 30.1 Å². The van der Waals surface area contributed by atoms with Crippen LogP contribution >= 0.6 is 0 Å². The third kappa shape index (κ3) is 13.5. The van der Waals surface area contributed by atoms with Gasteiger partial charge in [-0.05, 0) is 32.1 Å². The van der Waals surface area contributed by atoms with Crippen molar-refractivity contribution in [3.63, 3.8) is 0 Å². The molecule has 0 unspecified atom stereocenters. The molecule has 1 rings (SSSR count). The second kappa shape index (κ2) is 19.3. The molecule has 0 aromatic heterocycles. The van der Waals surface area contributed by atoms with Gasteiger partial charge >= 0.3 is 0 Å². The smallest absolute Gasteiger partial charge is 0.217 e. The van der Waals surface area contributed by atoms with Crippen LogP contribution in [0, 0.1) is 0 Å². The van der Waals surface area contributed by atoms with E-state index in [9.17, 15) is 20.1 Å². The van der Waals surface area contributed by atoms with Gasteiger partial charge in [0.25, 0.3) is 0 Å². The van der Waals surface area contributed by atoms with Crippen LogP contribution in [0.2, 0.25) is 0 Å². The minimum Gasteiger partial charge on any atom is -0.394 e. The molecule has 0 aromatic carbocycles. The maximum Gasteiger partial charge on any atom is 0.217 e. The second-order valence-corrected chi connectivity index (χ2v) is 9.24.